The summed E-state index contributed by atoms with van der Waals surface area (Å²) in [6.07, 6.45) is 1.60. The predicted octanol–water partition coefficient (Wildman–Crippen LogP) is 2.77. The van der Waals surface area contributed by atoms with Crippen molar-refractivity contribution in [2.45, 2.75) is 20.3 Å². The molecule has 0 aliphatic heterocycles. The molecular formula is C14H16O3. The van der Waals surface area contributed by atoms with Crippen molar-refractivity contribution >= 4 is 11.8 Å². The van der Waals surface area contributed by atoms with Gasteiger partial charge in [0.1, 0.15) is 0 Å². The molecule has 1 aromatic rings. The number of benzene rings is 1. The molecule has 0 radical (unpaired) electrons. The van der Waals surface area contributed by atoms with E-state index in [9.17, 15) is 9.59 Å². The number of ether oxygens (including phenoxy) is 1. The number of Topliss-reactive ketones (excluding diaryl/α,β-unsaturated/α-hetero) is 1. The van der Waals surface area contributed by atoms with Crippen LogP contribution in [0.25, 0.3) is 0 Å². The Morgan fingerprint density at radius 1 is 1.24 bits per heavy atom. The largest absolute Gasteiger partial charge is 0.463 e. The summed E-state index contributed by atoms with van der Waals surface area (Å²) in [5, 5.41) is 0. The Morgan fingerprint density at radius 3 is 2.47 bits per heavy atom. The van der Waals surface area contributed by atoms with Crippen molar-refractivity contribution in [2.24, 2.45) is 0 Å². The summed E-state index contributed by atoms with van der Waals surface area (Å²) in [6.45, 7) is 3.84. The zero-order valence-electron chi connectivity index (χ0n) is 10.1. The van der Waals surface area contributed by atoms with E-state index in [2.05, 4.69) is 0 Å². The lowest BCUT2D eigenvalue weighted by Gasteiger charge is -2.01. The number of hydrogen-bond donors (Lipinski definition) is 0. The molecule has 0 aromatic heterocycles. The Bertz CT molecular complexity index is 418. The summed E-state index contributed by atoms with van der Waals surface area (Å²) in [6, 6.07) is 9.02. The SMILES string of the molecule is CCOC(=O)C=C(C)CC(=O)c1ccccc1. The molecule has 0 heterocycles. The van der Waals surface area contributed by atoms with Gasteiger partial charge in [-0.25, -0.2) is 4.79 Å². The van der Waals surface area contributed by atoms with Crippen molar-refractivity contribution in [3.63, 3.8) is 0 Å². The quantitative estimate of drug-likeness (QED) is 0.445. The standard InChI is InChI=1S/C14H16O3/c1-3-17-14(16)10-11(2)9-13(15)12-7-5-4-6-8-12/h4-8,10H,3,9H2,1-2H3. The highest BCUT2D eigenvalue weighted by molar-refractivity contribution is 5.98. The molecule has 3 nitrogen and oxygen atoms in total. The van der Waals surface area contributed by atoms with E-state index in [1.165, 1.54) is 6.08 Å². The summed E-state index contributed by atoms with van der Waals surface area (Å²) in [5.41, 5.74) is 1.36. The van der Waals surface area contributed by atoms with Crippen LogP contribution >= 0.6 is 0 Å². The Labute approximate surface area is 101 Å². The van der Waals surface area contributed by atoms with Crippen molar-refractivity contribution in [1.82, 2.24) is 0 Å². The summed E-state index contributed by atoms with van der Waals surface area (Å²) >= 11 is 0. The van der Waals surface area contributed by atoms with Crippen LogP contribution in [-0.2, 0) is 9.53 Å². The van der Waals surface area contributed by atoms with E-state index < -0.39 is 5.97 Å². The number of ketones is 1. The maximum Gasteiger partial charge on any atom is 0.330 e. The van der Waals surface area contributed by atoms with Gasteiger partial charge in [0.2, 0.25) is 0 Å². The molecule has 90 valence electrons. The minimum atomic E-state index is -0.397. The lowest BCUT2D eigenvalue weighted by Crippen LogP contribution is -2.03. The van der Waals surface area contributed by atoms with Crippen LogP contribution in [0.4, 0.5) is 0 Å². The molecule has 0 aliphatic carbocycles. The number of carbonyl (C=O) groups is 2. The van der Waals surface area contributed by atoms with Crippen molar-refractivity contribution in [2.75, 3.05) is 6.61 Å². The number of allylic oxidation sites excluding steroid dienone is 1. The monoisotopic (exact) mass is 232 g/mol. The van der Waals surface area contributed by atoms with Crippen LogP contribution in [0.2, 0.25) is 0 Å². The van der Waals surface area contributed by atoms with E-state index in [1.54, 1.807) is 26.0 Å². The highest BCUT2D eigenvalue weighted by atomic mass is 16.5. The van der Waals surface area contributed by atoms with Gasteiger partial charge in [0.05, 0.1) is 6.61 Å². The van der Waals surface area contributed by atoms with Gasteiger partial charge in [0.15, 0.2) is 5.78 Å². The first kappa shape index (κ1) is 13.2. The molecule has 0 fully saturated rings. The Hall–Kier alpha value is -1.90. The molecule has 0 unspecified atom stereocenters. The Balaban J connectivity index is 2.60. The van der Waals surface area contributed by atoms with Crippen LogP contribution in [0.3, 0.4) is 0 Å². The van der Waals surface area contributed by atoms with Crippen LogP contribution in [0.5, 0.6) is 0 Å². The molecule has 0 spiro atoms. The average Bonchev–Trinajstić information content (AvgIpc) is 2.30. The zero-order valence-corrected chi connectivity index (χ0v) is 10.1. The van der Waals surface area contributed by atoms with E-state index in [0.717, 1.165) is 0 Å². The molecule has 0 saturated carbocycles. The van der Waals surface area contributed by atoms with Gasteiger partial charge >= 0.3 is 5.97 Å². The molecule has 3 heteroatoms. The van der Waals surface area contributed by atoms with Crippen molar-refractivity contribution in [3.8, 4) is 0 Å². The third kappa shape index (κ3) is 4.64. The lowest BCUT2D eigenvalue weighted by molar-refractivity contribution is -0.137. The second-order valence-corrected chi connectivity index (χ2v) is 3.71. The minimum absolute atomic E-state index is 0.00338. The maximum absolute atomic E-state index is 11.8. The minimum Gasteiger partial charge on any atom is -0.463 e. The molecule has 1 aromatic carbocycles. The Morgan fingerprint density at radius 2 is 1.88 bits per heavy atom. The fraction of sp³-hybridized carbons (Fsp3) is 0.286. The zero-order chi connectivity index (χ0) is 12.7. The normalized spacial score (nSPS) is 11.1. The highest BCUT2D eigenvalue weighted by Gasteiger charge is 2.07. The van der Waals surface area contributed by atoms with E-state index in [4.69, 9.17) is 4.74 Å². The molecule has 17 heavy (non-hydrogen) atoms. The van der Waals surface area contributed by atoms with Crippen LogP contribution < -0.4 is 0 Å². The van der Waals surface area contributed by atoms with E-state index in [0.29, 0.717) is 17.7 Å². The maximum atomic E-state index is 11.8. The first-order chi connectivity index (χ1) is 8.13. The van der Waals surface area contributed by atoms with Crippen molar-refractivity contribution < 1.29 is 14.3 Å². The van der Waals surface area contributed by atoms with Crippen LogP contribution in [0.15, 0.2) is 42.0 Å². The van der Waals surface area contributed by atoms with Gasteiger partial charge in [-0.15, -0.1) is 0 Å². The average molecular weight is 232 g/mol. The molecule has 0 bridgehead atoms. The topological polar surface area (TPSA) is 43.4 Å². The fourth-order valence-electron chi connectivity index (χ4n) is 1.42. The molecule has 0 amide bonds. The smallest absolute Gasteiger partial charge is 0.330 e. The third-order valence-electron chi connectivity index (χ3n) is 2.19. The van der Waals surface area contributed by atoms with E-state index in [-0.39, 0.29) is 12.2 Å². The molecule has 0 atom stereocenters. The number of rotatable bonds is 5. The van der Waals surface area contributed by atoms with E-state index >= 15 is 0 Å². The van der Waals surface area contributed by atoms with Crippen molar-refractivity contribution in [1.29, 1.82) is 0 Å². The van der Waals surface area contributed by atoms with Crippen LogP contribution in [-0.4, -0.2) is 18.4 Å². The molecule has 0 aliphatic rings. The van der Waals surface area contributed by atoms with Gasteiger partial charge in [-0.3, -0.25) is 4.79 Å². The van der Waals surface area contributed by atoms with Gasteiger partial charge < -0.3 is 4.74 Å². The molecule has 1 rings (SSSR count). The van der Waals surface area contributed by atoms with Gasteiger partial charge in [-0.2, -0.15) is 0 Å². The first-order valence-electron chi connectivity index (χ1n) is 5.55. The van der Waals surface area contributed by atoms with Crippen LogP contribution in [0, 0.1) is 0 Å². The molecule has 0 saturated heterocycles. The molecule has 0 N–H and O–H groups in total. The lowest BCUT2D eigenvalue weighted by atomic mass is 10.0. The van der Waals surface area contributed by atoms with E-state index in [1.807, 2.05) is 18.2 Å². The number of hydrogen-bond acceptors (Lipinski definition) is 3. The summed E-state index contributed by atoms with van der Waals surface area (Å²) in [5.74, 6) is -0.394. The second kappa shape index (κ2) is 6.63. The second-order valence-electron chi connectivity index (χ2n) is 3.71. The van der Waals surface area contributed by atoms with Gasteiger partial charge in [0.25, 0.3) is 0 Å². The van der Waals surface area contributed by atoms with Crippen molar-refractivity contribution in [3.05, 3.63) is 47.5 Å². The summed E-state index contributed by atoms with van der Waals surface area (Å²) < 4.78 is 4.77. The number of esters is 1. The first-order valence-corrected chi connectivity index (χ1v) is 5.55. The highest BCUT2D eigenvalue weighted by Crippen LogP contribution is 2.09. The number of carbonyl (C=O) groups excluding carboxylic acids is 2. The molecular weight excluding hydrogens is 216 g/mol. The van der Waals surface area contributed by atoms with Gasteiger partial charge in [-0.05, 0) is 13.8 Å². The Kier molecular flexibility index (Phi) is 5.14. The predicted molar refractivity (Wildman–Crippen MR) is 65.8 cm³/mol. The van der Waals surface area contributed by atoms with Crippen LogP contribution in [0.1, 0.15) is 30.6 Å². The summed E-state index contributed by atoms with van der Waals surface area (Å²) in [7, 11) is 0. The fourth-order valence-corrected chi connectivity index (χ4v) is 1.42. The van der Waals surface area contributed by atoms with Gasteiger partial charge in [0, 0.05) is 18.1 Å². The third-order valence-corrected chi connectivity index (χ3v) is 2.19. The van der Waals surface area contributed by atoms with Gasteiger partial charge in [-0.1, -0.05) is 35.9 Å². The summed E-state index contributed by atoms with van der Waals surface area (Å²) in [4.78, 5) is 23.0.